The van der Waals surface area contributed by atoms with Gasteiger partial charge in [0, 0.05) is 16.8 Å². The van der Waals surface area contributed by atoms with E-state index in [-0.39, 0.29) is 16.2 Å². The molecule has 0 heterocycles. The summed E-state index contributed by atoms with van der Waals surface area (Å²) in [5.74, 6) is -2.11. The van der Waals surface area contributed by atoms with Crippen LogP contribution in [0.1, 0.15) is 25.7 Å². The Morgan fingerprint density at radius 1 is 1.20 bits per heavy atom. The largest absolute Gasteiger partial charge is 0.478 e. The van der Waals surface area contributed by atoms with Crippen LogP contribution >= 0.6 is 11.6 Å². The minimum Gasteiger partial charge on any atom is -0.478 e. The molecular formula is C14H13ClFNO3. The highest BCUT2D eigenvalue weighted by molar-refractivity contribution is 6.31. The Balaban J connectivity index is 2.22. The third-order valence-corrected chi connectivity index (χ3v) is 3.47. The monoisotopic (exact) mass is 297 g/mol. The molecule has 20 heavy (non-hydrogen) atoms. The van der Waals surface area contributed by atoms with Crippen molar-refractivity contribution in [2.45, 2.75) is 25.7 Å². The van der Waals surface area contributed by atoms with Gasteiger partial charge in [0.05, 0.1) is 5.02 Å². The molecule has 2 rings (SSSR count). The maximum Gasteiger partial charge on any atom is 0.332 e. The van der Waals surface area contributed by atoms with Gasteiger partial charge in [-0.2, -0.15) is 0 Å². The average molecular weight is 298 g/mol. The summed E-state index contributed by atoms with van der Waals surface area (Å²) >= 11 is 5.63. The van der Waals surface area contributed by atoms with Crippen molar-refractivity contribution < 1.29 is 19.1 Å². The average Bonchev–Trinajstić information content (AvgIpc) is 2.43. The van der Waals surface area contributed by atoms with Gasteiger partial charge in [0.25, 0.3) is 5.91 Å². The topological polar surface area (TPSA) is 66.4 Å². The predicted molar refractivity (Wildman–Crippen MR) is 73.2 cm³/mol. The van der Waals surface area contributed by atoms with Gasteiger partial charge in [0.2, 0.25) is 0 Å². The molecule has 0 fully saturated rings. The Kier molecular flexibility index (Phi) is 4.39. The van der Waals surface area contributed by atoms with E-state index >= 15 is 0 Å². The van der Waals surface area contributed by atoms with Crippen LogP contribution in [0.2, 0.25) is 5.02 Å². The van der Waals surface area contributed by atoms with E-state index in [1.165, 1.54) is 12.1 Å². The molecule has 0 saturated carbocycles. The number of carbonyl (C=O) groups is 2. The van der Waals surface area contributed by atoms with Crippen LogP contribution in [-0.4, -0.2) is 17.0 Å². The summed E-state index contributed by atoms with van der Waals surface area (Å²) in [5.41, 5.74) is 0.773. The second kappa shape index (κ2) is 6.05. The number of anilines is 1. The maximum atomic E-state index is 13.0. The van der Waals surface area contributed by atoms with E-state index in [0.29, 0.717) is 18.5 Å². The normalized spacial score (nSPS) is 15.1. The molecule has 0 saturated heterocycles. The molecular weight excluding hydrogens is 285 g/mol. The molecule has 0 unspecified atom stereocenters. The number of benzene rings is 1. The Hall–Kier alpha value is -1.88. The van der Waals surface area contributed by atoms with Gasteiger partial charge in [0.15, 0.2) is 0 Å². The summed E-state index contributed by atoms with van der Waals surface area (Å²) in [7, 11) is 0. The molecule has 1 aromatic carbocycles. The van der Waals surface area contributed by atoms with Crippen LogP contribution in [0.5, 0.6) is 0 Å². The standard InChI is InChI=1S/C14H13ClFNO3/c15-11-7-8(5-6-12(11)16)17-13(18)9-3-1-2-4-10(9)14(19)20/h5-7H,1-4H2,(H,17,18)(H,19,20). The number of carbonyl (C=O) groups excluding carboxylic acids is 1. The molecule has 6 heteroatoms. The first-order valence-corrected chi connectivity index (χ1v) is 6.58. The Bertz CT molecular complexity index is 598. The molecule has 0 atom stereocenters. The molecule has 0 aromatic heterocycles. The predicted octanol–water partition coefficient (Wildman–Crippen LogP) is 3.37. The lowest BCUT2D eigenvalue weighted by atomic mass is 9.91. The van der Waals surface area contributed by atoms with Gasteiger partial charge in [-0.15, -0.1) is 0 Å². The molecule has 1 aromatic rings. The number of amides is 1. The second-order valence-corrected chi connectivity index (χ2v) is 4.96. The molecule has 0 aliphatic heterocycles. The van der Waals surface area contributed by atoms with Crippen molar-refractivity contribution in [1.29, 1.82) is 0 Å². The van der Waals surface area contributed by atoms with Crippen LogP contribution in [0.4, 0.5) is 10.1 Å². The zero-order valence-electron chi connectivity index (χ0n) is 10.6. The molecule has 0 radical (unpaired) electrons. The van der Waals surface area contributed by atoms with Crippen molar-refractivity contribution in [2.24, 2.45) is 0 Å². The van der Waals surface area contributed by atoms with Crippen molar-refractivity contribution in [2.75, 3.05) is 5.32 Å². The van der Waals surface area contributed by atoms with Gasteiger partial charge in [-0.1, -0.05) is 11.6 Å². The lowest BCUT2D eigenvalue weighted by Gasteiger charge is -2.17. The number of hydrogen-bond acceptors (Lipinski definition) is 2. The molecule has 0 bridgehead atoms. The number of halogens is 2. The molecule has 106 valence electrons. The SMILES string of the molecule is O=C(O)C1=C(C(=O)Nc2ccc(F)c(Cl)c2)CCCC1. The van der Waals surface area contributed by atoms with Crippen LogP contribution < -0.4 is 5.32 Å². The minimum absolute atomic E-state index is 0.0983. The fraction of sp³-hybridized carbons (Fsp3) is 0.286. The van der Waals surface area contributed by atoms with Crippen LogP contribution in [0.25, 0.3) is 0 Å². The number of carboxylic acids is 1. The van der Waals surface area contributed by atoms with E-state index in [2.05, 4.69) is 5.32 Å². The highest BCUT2D eigenvalue weighted by Gasteiger charge is 2.23. The fourth-order valence-corrected chi connectivity index (χ4v) is 2.35. The first-order chi connectivity index (χ1) is 9.49. The Morgan fingerprint density at radius 2 is 1.85 bits per heavy atom. The van der Waals surface area contributed by atoms with Crippen LogP contribution in [-0.2, 0) is 9.59 Å². The summed E-state index contributed by atoms with van der Waals surface area (Å²) < 4.78 is 13.0. The zero-order valence-corrected chi connectivity index (χ0v) is 11.3. The Morgan fingerprint density at radius 3 is 2.45 bits per heavy atom. The Labute approximate surface area is 120 Å². The summed E-state index contributed by atoms with van der Waals surface area (Å²) in [6.07, 6.45) is 2.37. The first-order valence-electron chi connectivity index (χ1n) is 6.20. The summed E-state index contributed by atoms with van der Waals surface area (Å²) in [6.45, 7) is 0. The molecule has 4 nitrogen and oxygen atoms in total. The number of rotatable bonds is 3. The molecule has 1 aliphatic carbocycles. The number of aliphatic carboxylic acids is 1. The van der Waals surface area contributed by atoms with Crippen LogP contribution in [0, 0.1) is 5.82 Å². The lowest BCUT2D eigenvalue weighted by molar-refractivity contribution is -0.133. The number of carboxylic acid groups (broad SMARTS) is 1. The zero-order chi connectivity index (χ0) is 14.7. The summed E-state index contributed by atoms with van der Waals surface area (Å²) in [5, 5.41) is 11.6. The smallest absolute Gasteiger partial charge is 0.332 e. The van der Waals surface area contributed by atoms with Crippen molar-refractivity contribution in [3.63, 3.8) is 0 Å². The van der Waals surface area contributed by atoms with Crippen molar-refractivity contribution in [1.82, 2.24) is 0 Å². The third kappa shape index (κ3) is 3.17. The van der Waals surface area contributed by atoms with Gasteiger partial charge in [-0.25, -0.2) is 9.18 Å². The highest BCUT2D eigenvalue weighted by atomic mass is 35.5. The van der Waals surface area contributed by atoms with Crippen molar-refractivity contribution in [3.8, 4) is 0 Å². The van der Waals surface area contributed by atoms with E-state index < -0.39 is 17.7 Å². The van der Waals surface area contributed by atoms with E-state index in [0.717, 1.165) is 18.9 Å². The van der Waals surface area contributed by atoms with Gasteiger partial charge in [0.1, 0.15) is 5.82 Å². The van der Waals surface area contributed by atoms with Gasteiger partial charge in [-0.3, -0.25) is 4.79 Å². The molecule has 1 amide bonds. The third-order valence-electron chi connectivity index (χ3n) is 3.18. The van der Waals surface area contributed by atoms with Gasteiger partial charge >= 0.3 is 5.97 Å². The fourth-order valence-electron chi connectivity index (χ4n) is 2.17. The molecule has 1 aliphatic rings. The second-order valence-electron chi connectivity index (χ2n) is 4.55. The van der Waals surface area contributed by atoms with Gasteiger partial charge < -0.3 is 10.4 Å². The molecule has 0 spiro atoms. The minimum atomic E-state index is -1.06. The van der Waals surface area contributed by atoms with Crippen LogP contribution in [0.15, 0.2) is 29.3 Å². The van der Waals surface area contributed by atoms with E-state index in [1.54, 1.807) is 0 Å². The highest BCUT2D eigenvalue weighted by Crippen LogP contribution is 2.27. The van der Waals surface area contributed by atoms with E-state index in [1.807, 2.05) is 0 Å². The maximum absolute atomic E-state index is 13.0. The van der Waals surface area contributed by atoms with E-state index in [4.69, 9.17) is 16.7 Å². The van der Waals surface area contributed by atoms with Crippen LogP contribution in [0.3, 0.4) is 0 Å². The summed E-state index contributed by atoms with van der Waals surface area (Å²) in [4.78, 5) is 23.2. The number of nitrogens with one attached hydrogen (secondary N) is 1. The van der Waals surface area contributed by atoms with Gasteiger partial charge in [-0.05, 0) is 43.9 Å². The molecule has 2 N–H and O–H groups in total. The summed E-state index contributed by atoms with van der Waals surface area (Å²) in [6, 6.07) is 3.81. The van der Waals surface area contributed by atoms with Crippen molar-refractivity contribution in [3.05, 3.63) is 40.2 Å². The first kappa shape index (κ1) is 14.5. The lowest BCUT2D eigenvalue weighted by Crippen LogP contribution is -2.21. The quantitative estimate of drug-likeness (QED) is 0.899. The number of hydrogen-bond donors (Lipinski definition) is 2. The van der Waals surface area contributed by atoms with E-state index in [9.17, 15) is 14.0 Å². The van der Waals surface area contributed by atoms with Crippen molar-refractivity contribution >= 4 is 29.2 Å².